The summed E-state index contributed by atoms with van der Waals surface area (Å²) < 4.78 is 5.66. The van der Waals surface area contributed by atoms with E-state index in [1.807, 2.05) is 31.2 Å². The summed E-state index contributed by atoms with van der Waals surface area (Å²) in [6.45, 7) is 3.49. The van der Waals surface area contributed by atoms with Crippen molar-refractivity contribution >= 4 is 29.7 Å². The van der Waals surface area contributed by atoms with Crippen LogP contribution in [0.1, 0.15) is 27.5 Å². The normalized spacial score (nSPS) is 9.91. The van der Waals surface area contributed by atoms with Crippen molar-refractivity contribution in [1.82, 2.24) is 10.3 Å². The molecule has 1 heterocycles. The Morgan fingerprint density at radius 2 is 2.18 bits per heavy atom. The largest absolute Gasteiger partial charge is 0.493 e. The molecule has 0 unspecified atom stereocenters. The van der Waals surface area contributed by atoms with Crippen LogP contribution in [0, 0.1) is 6.92 Å². The summed E-state index contributed by atoms with van der Waals surface area (Å²) in [7, 11) is 0. The van der Waals surface area contributed by atoms with E-state index in [0.717, 1.165) is 22.7 Å². The molecule has 2 aromatic rings. The van der Waals surface area contributed by atoms with Crippen molar-refractivity contribution < 1.29 is 9.53 Å². The summed E-state index contributed by atoms with van der Waals surface area (Å²) in [5.74, 6) is 0.720. The maximum Gasteiger partial charge on any atom is 0.270 e. The average molecular weight is 342 g/mol. The Morgan fingerprint density at radius 3 is 2.86 bits per heavy atom. The lowest BCUT2D eigenvalue weighted by atomic mass is 10.2. The molecule has 0 radical (unpaired) electrons. The number of nitrogens with two attached hydrogens (primary N) is 1. The Labute approximate surface area is 140 Å². The number of amides is 1. The molecule has 0 aliphatic carbocycles. The van der Waals surface area contributed by atoms with Crippen LogP contribution < -0.4 is 15.8 Å². The summed E-state index contributed by atoms with van der Waals surface area (Å²) in [5, 5.41) is 5.31. The number of halogens is 1. The summed E-state index contributed by atoms with van der Waals surface area (Å²) in [5.41, 5.74) is 7.01. The zero-order valence-electron chi connectivity index (χ0n) is 12.4. The Balaban J connectivity index is 0.00000242. The second kappa shape index (κ2) is 9.40. The Hall–Kier alpha value is -1.63. The minimum absolute atomic E-state index is 0. The number of benzene rings is 1. The predicted molar refractivity (Wildman–Crippen MR) is 90.9 cm³/mol. The predicted octanol–water partition coefficient (Wildman–Crippen LogP) is 2.53. The number of aryl methyl sites for hydroxylation is 1. The summed E-state index contributed by atoms with van der Waals surface area (Å²) >= 11 is 1.40. The number of hydrogen-bond acceptors (Lipinski definition) is 5. The van der Waals surface area contributed by atoms with Gasteiger partial charge in [-0.05, 0) is 25.0 Å². The molecule has 0 spiro atoms. The van der Waals surface area contributed by atoms with Crippen molar-refractivity contribution in [3.8, 4) is 5.75 Å². The van der Waals surface area contributed by atoms with Crippen LogP contribution in [-0.2, 0) is 6.54 Å². The number of carbonyl (C=O) groups excluding carboxylic acids is 1. The maximum absolute atomic E-state index is 11.8. The fourth-order valence-electron chi connectivity index (χ4n) is 1.77. The van der Waals surface area contributed by atoms with Gasteiger partial charge in [-0.3, -0.25) is 4.79 Å². The van der Waals surface area contributed by atoms with Gasteiger partial charge in [-0.25, -0.2) is 4.98 Å². The van der Waals surface area contributed by atoms with Crippen LogP contribution in [-0.4, -0.2) is 24.0 Å². The zero-order valence-corrected chi connectivity index (χ0v) is 14.0. The van der Waals surface area contributed by atoms with Crippen LogP contribution in [0.4, 0.5) is 0 Å². The zero-order chi connectivity index (χ0) is 15.1. The molecule has 0 fully saturated rings. The SMILES string of the molecule is Cc1ccccc1OCCCNC(=O)c1csc(CN)n1.Cl. The van der Waals surface area contributed by atoms with Crippen LogP contribution in [0.25, 0.3) is 0 Å². The maximum atomic E-state index is 11.8. The van der Waals surface area contributed by atoms with E-state index < -0.39 is 0 Å². The average Bonchev–Trinajstić information content (AvgIpc) is 2.97. The minimum atomic E-state index is -0.165. The molecule has 1 amide bonds. The molecule has 0 aliphatic heterocycles. The number of thiazole rings is 1. The van der Waals surface area contributed by atoms with Crippen molar-refractivity contribution in [2.45, 2.75) is 19.9 Å². The van der Waals surface area contributed by atoms with Gasteiger partial charge >= 0.3 is 0 Å². The molecule has 5 nitrogen and oxygen atoms in total. The fraction of sp³-hybridized carbons (Fsp3) is 0.333. The first-order chi connectivity index (χ1) is 10.2. The number of nitrogens with zero attached hydrogens (tertiary/aromatic N) is 1. The molecule has 22 heavy (non-hydrogen) atoms. The first kappa shape index (κ1) is 18.4. The lowest BCUT2D eigenvalue weighted by Crippen LogP contribution is -2.26. The molecular weight excluding hydrogens is 322 g/mol. The monoisotopic (exact) mass is 341 g/mol. The third-order valence-corrected chi connectivity index (χ3v) is 3.79. The van der Waals surface area contributed by atoms with E-state index in [9.17, 15) is 4.79 Å². The van der Waals surface area contributed by atoms with Gasteiger partial charge in [0.2, 0.25) is 0 Å². The first-order valence-corrected chi connectivity index (χ1v) is 7.69. The molecular formula is C15H20ClN3O2S. The lowest BCUT2D eigenvalue weighted by Gasteiger charge is -2.08. The van der Waals surface area contributed by atoms with E-state index in [-0.39, 0.29) is 18.3 Å². The third kappa shape index (κ3) is 5.29. The first-order valence-electron chi connectivity index (χ1n) is 6.82. The number of hydrogen-bond donors (Lipinski definition) is 2. The molecule has 0 bridgehead atoms. The van der Waals surface area contributed by atoms with Crippen molar-refractivity contribution in [3.63, 3.8) is 0 Å². The van der Waals surface area contributed by atoms with Crippen LogP contribution in [0.5, 0.6) is 5.75 Å². The molecule has 1 aromatic carbocycles. The minimum Gasteiger partial charge on any atom is -0.493 e. The van der Waals surface area contributed by atoms with Gasteiger partial charge in [0.15, 0.2) is 0 Å². The van der Waals surface area contributed by atoms with Gasteiger partial charge in [-0.1, -0.05) is 18.2 Å². The highest BCUT2D eigenvalue weighted by Crippen LogP contribution is 2.16. The van der Waals surface area contributed by atoms with Crippen LogP contribution in [0.2, 0.25) is 0 Å². The smallest absolute Gasteiger partial charge is 0.270 e. The number of rotatable bonds is 7. The van der Waals surface area contributed by atoms with Gasteiger partial charge in [-0.2, -0.15) is 0 Å². The third-order valence-electron chi connectivity index (χ3n) is 2.92. The highest BCUT2D eigenvalue weighted by molar-refractivity contribution is 7.09. The van der Waals surface area contributed by atoms with E-state index in [4.69, 9.17) is 10.5 Å². The molecule has 7 heteroatoms. The number of ether oxygens (including phenoxy) is 1. The standard InChI is InChI=1S/C15H19N3O2S.ClH/c1-11-5-2-3-6-13(11)20-8-4-7-17-15(19)12-10-21-14(9-16)18-12;/h2-3,5-6,10H,4,7-9,16H2,1H3,(H,17,19);1H. The summed E-state index contributed by atoms with van der Waals surface area (Å²) in [4.78, 5) is 15.9. The van der Waals surface area contributed by atoms with E-state index >= 15 is 0 Å². The van der Waals surface area contributed by atoms with Gasteiger partial charge < -0.3 is 15.8 Å². The van der Waals surface area contributed by atoms with Gasteiger partial charge in [0.05, 0.1) is 6.61 Å². The van der Waals surface area contributed by atoms with Crippen LogP contribution in [0.15, 0.2) is 29.6 Å². The number of aromatic nitrogens is 1. The highest BCUT2D eigenvalue weighted by atomic mass is 35.5. The molecule has 0 saturated carbocycles. The summed E-state index contributed by atoms with van der Waals surface area (Å²) in [6, 6.07) is 7.87. The highest BCUT2D eigenvalue weighted by Gasteiger charge is 2.09. The molecule has 1 aromatic heterocycles. The fourth-order valence-corrected chi connectivity index (χ4v) is 2.43. The van der Waals surface area contributed by atoms with Gasteiger partial charge in [-0.15, -0.1) is 23.7 Å². The van der Waals surface area contributed by atoms with Crippen LogP contribution in [0.3, 0.4) is 0 Å². The van der Waals surface area contributed by atoms with E-state index in [1.54, 1.807) is 5.38 Å². The molecule has 2 rings (SSSR count). The Kier molecular flexibility index (Phi) is 7.87. The number of carbonyl (C=O) groups is 1. The van der Waals surface area contributed by atoms with Gasteiger partial charge in [0, 0.05) is 18.5 Å². The van der Waals surface area contributed by atoms with E-state index in [1.165, 1.54) is 11.3 Å². The Bertz CT molecular complexity index is 604. The second-order valence-corrected chi connectivity index (χ2v) is 5.50. The van der Waals surface area contributed by atoms with Crippen molar-refractivity contribution in [2.75, 3.05) is 13.2 Å². The van der Waals surface area contributed by atoms with Crippen LogP contribution >= 0.6 is 23.7 Å². The Morgan fingerprint density at radius 1 is 1.41 bits per heavy atom. The van der Waals surface area contributed by atoms with Crippen molar-refractivity contribution in [2.24, 2.45) is 5.73 Å². The molecule has 120 valence electrons. The molecule has 0 aliphatic rings. The van der Waals surface area contributed by atoms with Gasteiger partial charge in [0.25, 0.3) is 5.91 Å². The number of nitrogens with one attached hydrogen (secondary N) is 1. The lowest BCUT2D eigenvalue weighted by molar-refractivity contribution is 0.0947. The summed E-state index contributed by atoms with van der Waals surface area (Å²) in [6.07, 6.45) is 0.744. The van der Waals surface area contributed by atoms with E-state index in [0.29, 0.717) is 25.4 Å². The number of para-hydroxylation sites is 1. The second-order valence-electron chi connectivity index (χ2n) is 4.55. The molecule has 0 atom stereocenters. The van der Waals surface area contributed by atoms with Crippen molar-refractivity contribution in [1.29, 1.82) is 0 Å². The quantitative estimate of drug-likeness (QED) is 0.759. The van der Waals surface area contributed by atoms with Gasteiger partial charge in [0.1, 0.15) is 16.5 Å². The molecule has 3 N–H and O–H groups in total. The molecule has 0 saturated heterocycles. The van der Waals surface area contributed by atoms with E-state index in [2.05, 4.69) is 10.3 Å². The topological polar surface area (TPSA) is 77.2 Å². The van der Waals surface area contributed by atoms with Crippen molar-refractivity contribution in [3.05, 3.63) is 45.9 Å².